The van der Waals surface area contributed by atoms with Crippen molar-refractivity contribution in [2.45, 2.75) is 25.8 Å². The highest BCUT2D eigenvalue weighted by Crippen LogP contribution is 2.15. The Bertz CT molecular complexity index is 253. The third kappa shape index (κ3) is 2.99. The highest BCUT2D eigenvalue weighted by molar-refractivity contribution is 4.95. The molecule has 0 aliphatic heterocycles. The van der Waals surface area contributed by atoms with Crippen LogP contribution in [0.5, 0.6) is 0 Å². The maximum absolute atomic E-state index is 4.11. The first kappa shape index (κ1) is 9.92. The third-order valence-electron chi connectivity index (χ3n) is 1.97. The molecule has 0 aromatic carbocycles. The van der Waals surface area contributed by atoms with E-state index in [4.69, 9.17) is 0 Å². The van der Waals surface area contributed by atoms with E-state index in [-0.39, 0.29) is 6.04 Å². The lowest BCUT2D eigenvalue weighted by molar-refractivity contribution is 0.521. The molecule has 0 radical (unpaired) electrons. The Labute approximate surface area is 78.5 Å². The topological polar surface area (TPSA) is 53.6 Å². The van der Waals surface area contributed by atoms with E-state index in [2.05, 4.69) is 27.1 Å². The lowest BCUT2D eigenvalue weighted by Crippen LogP contribution is -2.17. The van der Waals surface area contributed by atoms with Crippen LogP contribution in [0.25, 0.3) is 0 Å². The van der Waals surface area contributed by atoms with Gasteiger partial charge in [0.25, 0.3) is 0 Å². The molecule has 1 heterocycles. The van der Waals surface area contributed by atoms with Gasteiger partial charge >= 0.3 is 0 Å². The van der Waals surface area contributed by atoms with Crippen LogP contribution in [0.4, 0.5) is 0 Å². The van der Waals surface area contributed by atoms with Gasteiger partial charge in [-0.25, -0.2) is 4.98 Å². The summed E-state index contributed by atoms with van der Waals surface area (Å²) in [5, 5.41) is 9.86. The first-order chi connectivity index (χ1) is 6.24. The summed E-state index contributed by atoms with van der Waals surface area (Å²) in [6, 6.07) is 0.249. The van der Waals surface area contributed by atoms with Gasteiger partial charge in [0, 0.05) is 0 Å². The van der Waals surface area contributed by atoms with E-state index in [0.717, 1.165) is 18.7 Å². The molecule has 4 nitrogen and oxygen atoms in total. The zero-order valence-corrected chi connectivity index (χ0v) is 8.17. The van der Waals surface area contributed by atoms with Crippen LogP contribution in [0.1, 0.15) is 31.6 Å². The molecule has 0 saturated carbocycles. The molecule has 1 aromatic heterocycles. The first-order valence-corrected chi connectivity index (χ1v) is 4.41. The van der Waals surface area contributed by atoms with Gasteiger partial charge in [0.1, 0.15) is 12.2 Å². The standard InChI is InChI=1S/C9H16N4/c1-7(2)4-5-8(10-3)9-11-6-12-13-9/h6,8,10H,1,4-5H2,2-3H3,(H,11,12,13). The van der Waals surface area contributed by atoms with Crippen molar-refractivity contribution in [3.05, 3.63) is 24.3 Å². The molecule has 0 amide bonds. The van der Waals surface area contributed by atoms with Crippen LogP contribution < -0.4 is 5.32 Å². The van der Waals surface area contributed by atoms with Gasteiger partial charge in [-0.05, 0) is 26.8 Å². The Balaban J connectivity index is 2.49. The highest BCUT2D eigenvalue weighted by Gasteiger charge is 2.10. The Kier molecular flexibility index (Phi) is 3.64. The summed E-state index contributed by atoms with van der Waals surface area (Å²) in [5.74, 6) is 0.892. The van der Waals surface area contributed by atoms with Crippen molar-refractivity contribution in [2.75, 3.05) is 7.05 Å². The number of aromatic nitrogens is 3. The van der Waals surface area contributed by atoms with Crippen molar-refractivity contribution in [2.24, 2.45) is 0 Å². The molecule has 0 aliphatic rings. The van der Waals surface area contributed by atoms with Crippen LogP contribution in [-0.2, 0) is 0 Å². The average molecular weight is 180 g/mol. The van der Waals surface area contributed by atoms with Gasteiger partial charge in [0.15, 0.2) is 0 Å². The summed E-state index contributed by atoms with van der Waals surface area (Å²) < 4.78 is 0. The second kappa shape index (κ2) is 4.77. The number of nitrogens with one attached hydrogen (secondary N) is 2. The smallest absolute Gasteiger partial charge is 0.141 e. The van der Waals surface area contributed by atoms with E-state index in [1.165, 1.54) is 11.9 Å². The summed E-state index contributed by atoms with van der Waals surface area (Å²) in [6.45, 7) is 5.90. The lowest BCUT2D eigenvalue weighted by atomic mass is 10.1. The van der Waals surface area contributed by atoms with Crippen molar-refractivity contribution in [1.29, 1.82) is 0 Å². The van der Waals surface area contributed by atoms with Crippen molar-refractivity contribution in [1.82, 2.24) is 20.5 Å². The molecule has 4 heteroatoms. The minimum atomic E-state index is 0.249. The van der Waals surface area contributed by atoms with Gasteiger partial charge in [0.05, 0.1) is 6.04 Å². The molecule has 0 spiro atoms. The fourth-order valence-electron chi connectivity index (χ4n) is 1.19. The van der Waals surface area contributed by atoms with Crippen molar-refractivity contribution in [3.8, 4) is 0 Å². The number of hydrogen-bond acceptors (Lipinski definition) is 3. The van der Waals surface area contributed by atoms with Crippen LogP contribution in [0.2, 0.25) is 0 Å². The van der Waals surface area contributed by atoms with Gasteiger partial charge in [-0.3, -0.25) is 5.10 Å². The number of aromatic amines is 1. The monoisotopic (exact) mass is 180 g/mol. The summed E-state index contributed by atoms with van der Waals surface area (Å²) in [7, 11) is 1.92. The maximum atomic E-state index is 4.11. The molecule has 0 bridgehead atoms. The minimum Gasteiger partial charge on any atom is -0.310 e. The Hall–Kier alpha value is -1.16. The Morgan fingerprint density at radius 2 is 2.54 bits per heavy atom. The van der Waals surface area contributed by atoms with Gasteiger partial charge < -0.3 is 5.32 Å². The van der Waals surface area contributed by atoms with E-state index in [1.807, 2.05) is 14.0 Å². The largest absolute Gasteiger partial charge is 0.310 e. The average Bonchev–Trinajstić information content (AvgIpc) is 2.58. The Morgan fingerprint density at radius 3 is 3.00 bits per heavy atom. The predicted octanol–water partition coefficient (Wildman–Crippen LogP) is 1.42. The third-order valence-corrected chi connectivity index (χ3v) is 1.97. The number of nitrogens with zero attached hydrogens (tertiary/aromatic N) is 2. The van der Waals surface area contributed by atoms with Gasteiger partial charge in [-0.1, -0.05) is 5.57 Å². The SMILES string of the molecule is C=C(C)CCC(NC)c1ncn[nH]1. The summed E-state index contributed by atoms with van der Waals surface area (Å²) >= 11 is 0. The number of rotatable bonds is 5. The molecule has 0 fully saturated rings. The van der Waals surface area contributed by atoms with Crippen LogP contribution >= 0.6 is 0 Å². The second-order valence-corrected chi connectivity index (χ2v) is 3.21. The van der Waals surface area contributed by atoms with Crippen molar-refractivity contribution < 1.29 is 0 Å². The van der Waals surface area contributed by atoms with E-state index >= 15 is 0 Å². The van der Waals surface area contributed by atoms with Crippen LogP contribution in [0.15, 0.2) is 18.5 Å². The first-order valence-electron chi connectivity index (χ1n) is 4.41. The number of hydrogen-bond donors (Lipinski definition) is 2. The van der Waals surface area contributed by atoms with E-state index in [0.29, 0.717) is 0 Å². The summed E-state index contributed by atoms with van der Waals surface area (Å²) in [6.07, 6.45) is 3.54. The quantitative estimate of drug-likeness (QED) is 0.674. The van der Waals surface area contributed by atoms with E-state index < -0.39 is 0 Å². The van der Waals surface area contributed by atoms with Crippen molar-refractivity contribution >= 4 is 0 Å². The molecular formula is C9H16N4. The molecule has 1 rings (SSSR count). The lowest BCUT2D eigenvalue weighted by Gasteiger charge is -2.12. The van der Waals surface area contributed by atoms with E-state index in [9.17, 15) is 0 Å². The molecule has 13 heavy (non-hydrogen) atoms. The van der Waals surface area contributed by atoms with E-state index in [1.54, 1.807) is 0 Å². The normalized spacial score (nSPS) is 12.8. The fraction of sp³-hybridized carbons (Fsp3) is 0.556. The molecule has 2 N–H and O–H groups in total. The highest BCUT2D eigenvalue weighted by atomic mass is 15.2. The zero-order valence-electron chi connectivity index (χ0n) is 8.17. The molecule has 1 aromatic rings. The maximum Gasteiger partial charge on any atom is 0.141 e. The number of H-pyrrole nitrogens is 1. The minimum absolute atomic E-state index is 0.249. The Morgan fingerprint density at radius 1 is 1.77 bits per heavy atom. The van der Waals surface area contributed by atoms with Crippen molar-refractivity contribution in [3.63, 3.8) is 0 Å². The summed E-state index contributed by atoms with van der Waals surface area (Å²) in [5.41, 5.74) is 1.19. The fourth-order valence-corrected chi connectivity index (χ4v) is 1.19. The molecule has 0 aliphatic carbocycles. The molecule has 1 atom stereocenters. The van der Waals surface area contributed by atoms with Gasteiger partial charge in [0.2, 0.25) is 0 Å². The van der Waals surface area contributed by atoms with Crippen LogP contribution in [0.3, 0.4) is 0 Å². The summed E-state index contributed by atoms with van der Waals surface area (Å²) in [4.78, 5) is 4.11. The second-order valence-electron chi connectivity index (χ2n) is 3.21. The van der Waals surface area contributed by atoms with Crippen LogP contribution in [0, 0.1) is 0 Å². The molecular weight excluding hydrogens is 164 g/mol. The predicted molar refractivity (Wildman–Crippen MR) is 52.2 cm³/mol. The number of allylic oxidation sites excluding steroid dienone is 1. The van der Waals surface area contributed by atoms with Gasteiger partial charge in [-0.15, -0.1) is 6.58 Å². The van der Waals surface area contributed by atoms with Gasteiger partial charge in [-0.2, -0.15) is 5.10 Å². The molecule has 72 valence electrons. The van der Waals surface area contributed by atoms with Crippen LogP contribution in [-0.4, -0.2) is 22.2 Å². The molecule has 1 unspecified atom stereocenters. The zero-order chi connectivity index (χ0) is 9.68. The molecule has 0 saturated heterocycles.